The van der Waals surface area contributed by atoms with Gasteiger partial charge in [0.15, 0.2) is 0 Å². The van der Waals surface area contributed by atoms with Crippen molar-refractivity contribution in [3.8, 4) is 0 Å². The summed E-state index contributed by atoms with van der Waals surface area (Å²) in [7, 11) is 0. The normalized spacial score (nSPS) is 18.7. The Hall–Kier alpha value is -2.31. The lowest BCUT2D eigenvalue weighted by molar-refractivity contribution is -0.385. The Morgan fingerprint density at radius 3 is 2.71 bits per heavy atom. The molecule has 1 aromatic rings. The van der Waals surface area contributed by atoms with Crippen molar-refractivity contribution in [2.75, 3.05) is 24.5 Å². The average Bonchev–Trinajstić information content (AvgIpc) is 2.46. The summed E-state index contributed by atoms with van der Waals surface area (Å²) in [5.41, 5.74) is 1.75. The summed E-state index contributed by atoms with van der Waals surface area (Å²) in [4.78, 5) is 25.1. The predicted octanol–water partition coefficient (Wildman–Crippen LogP) is 2.35. The average molecular weight is 293 g/mol. The second-order valence-corrected chi connectivity index (χ2v) is 5.19. The highest BCUT2D eigenvalue weighted by Crippen LogP contribution is 2.27. The highest BCUT2D eigenvalue weighted by atomic mass is 16.6. The van der Waals surface area contributed by atoms with Gasteiger partial charge in [0, 0.05) is 43.0 Å². The Balaban J connectivity index is 2.23. The largest absolute Gasteiger partial charge is 0.465 e. The van der Waals surface area contributed by atoms with Gasteiger partial charge in [0.25, 0.3) is 5.69 Å². The summed E-state index contributed by atoms with van der Waals surface area (Å²) in [6.07, 6.45) is -0.312. The number of amides is 1. The molecule has 0 bridgehead atoms. The van der Waals surface area contributed by atoms with E-state index in [-0.39, 0.29) is 16.7 Å². The standard InChI is InChI=1S/C14H19N3O4/c1-3-11-8-12(4-5-13(11)17(20)21)16-7-6-15(14(18)19)9-10(16)2/h4-5,8,10H,3,6-7,9H2,1-2H3,(H,18,19)/t10-/m0/s1. The van der Waals surface area contributed by atoms with Crippen molar-refractivity contribution in [2.45, 2.75) is 26.3 Å². The van der Waals surface area contributed by atoms with Crippen LogP contribution in [0.25, 0.3) is 0 Å². The number of aryl methyl sites for hydroxylation is 1. The minimum Gasteiger partial charge on any atom is -0.465 e. The Morgan fingerprint density at radius 1 is 1.48 bits per heavy atom. The summed E-state index contributed by atoms with van der Waals surface area (Å²) in [6.45, 7) is 5.32. The number of nitro benzene ring substituents is 1. The number of nitrogens with zero attached hydrogens (tertiary/aromatic N) is 3. The zero-order chi connectivity index (χ0) is 15.6. The smallest absolute Gasteiger partial charge is 0.407 e. The van der Waals surface area contributed by atoms with E-state index in [1.807, 2.05) is 19.9 Å². The summed E-state index contributed by atoms with van der Waals surface area (Å²) in [6, 6.07) is 5.15. The number of nitro groups is 1. The van der Waals surface area contributed by atoms with E-state index in [1.165, 1.54) is 11.0 Å². The van der Waals surface area contributed by atoms with Gasteiger partial charge in [0.1, 0.15) is 0 Å². The van der Waals surface area contributed by atoms with Gasteiger partial charge in [-0.05, 0) is 25.5 Å². The van der Waals surface area contributed by atoms with Gasteiger partial charge < -0.3 is 14.9 Å². The minimum atomic E-state index is -0.903. The Morgan fingerprint density at radius 2 is 2.19 bits per heavy atom. The molecule has 114 valence electrons. The van der Waals surface area contributed by atoms with E-state index in [9.17, 15) is 14.9 Å². The molecule has 2 rings (SSSR count). The Labute approximate surface area is 122 Å². The van der Waals surface area contributed by atoms with Crippen LogP contribution in [0.1, 0.15) is 19.4 Å². The monoisotopic (exact) mass is 293 g/mol. The van der Waals surface area contributed by atoms with Crippen LogP contribution in [0.3, 0.4) is 0 Å². The third kappa shape index (κ3) is 3.07. The Kier molecular flexibility index (Phi) is 4.30. The molecule has 1 atom stereocenters. The fraction of sp³-hybridized carbons (Fsp3) is 0.500. The highest BCUT2D eigenvalue weighted by molar-refractivity contribution is 5.66. The van der Waals surface area contributed by atoms with E-state index in [0.717, 1.165) is 5.69 Å². The lowest BCUT2D eigenvalue weighted by Gasteiger charge is -2.40. The third-order valence-electron chi connectivity index (χ3n) is 3.87. The van der Waals surface area contributed by atoms with Crippen LogP contribution in [0, 0.1) is 10.1 Å². The maximum atomic E-state index is 11.0. The van der Waals surface area contributed by atoms with Gasteiger partial charge in [0.2, 0.25) is 0 Å². The summed E-state index contributed by atoms with van der Waals surface area (Å²) in [5.74, 6) is 0. The fourth-order valence-electron chi connectivity index (χ4n) is 2.73. The van der Waals surface area contributed by atoms with Crippen molar-refractivity contribution in [1.82, 2.24) is 4.90 Å². The molecule has 1 N–H and O–H groups in total. The van der Waals surface area contributed by atoms with E-state index >= 15 is 0 Å². The lowest BCUT2D eigenvalue weighted by Crippen LogP contribution is -2.53. The van der Waals surface area contributed by atoms with Gasteiger partial charge in [-0.25, -0.2) is 4.79 Å². The number of hydrogen-bond donors (Lipinski definition) is 1. The van der Waals surface area contributed by atoms with Crippen molar-refractivity contribution in [1.29, 1.82) is 0 Å². The second kappa shape index (κ2) is 5.99. The van der Waals surface area contributed by atoms with Crippen LogP contribution in [-0.2, 0) is 6.42 Å². The van der Waals surface area contributed by atoms with Crippen LogP contribution in [0.2, 0.25) is 0 Å². The second-order valence-electron chi connectivity index (χ2n) is 5.19. The van der Waals surface area contributed by atoms with Crippen molar-refractivity contribution in [2.24, 2.45) is 0 Å². The van der Waals surface area contributed by atoms with Gasteiger partial charge in [-0.15, -0.1) is 0 Å². The molecule has 1 amide bonds. The molecule has 1 heterocycles. The molecule has 0 spiro atoms. The molecular formula is C14H19N3O4. The molecule has 7 nitrogen and oxygen atoms in total. The van der Waals surface area contributed by atoms with Crippen LogP contribution in [0.4, 0.5) is 16.2 Å². The number of piperazine rings is 1. The van der Waals surface area contributed by atoms with E-state index in [0.29, 0.717) is 31.6 Å². The zero-order valence-corrected chi connectivity index (χ0v) is 12.2. The number of rotatable bonds is 3. The predicted molar refractivity (Wildman–Crippen MR) is 78.9 cm³/mol. The van der Waals surface area contributed by atoms with E-state index in [2.05, 4.69) is 4.90 Å². The molecule has 7 heteroatoms. The molecule has 21 heavy (non-hydrogen) atoms. The van der Waals surface area contributed by atoms with Gasteiger partial charge >= 0.3 is 6.09 Å². The lowest BCUT2D eigenvalue weighted by atomic mass is 10.1. The zero-order valence-electron chi connectivity index (χ0n) is 12.2. The summed E-state index contributed by atoms with van der Waals surface area (Å²) >= 11 is 0. The SMILES string of the molecule is CCc1cc(N2CCN(C(=O)O)C[C@@H]2C)ccc1[N+](=O)[O-]. The molecule has 0 unspecified atom stereocenters. The van der Waals surface area contributed by atoms with Crippen molar-refractivity contribution >= 4 is 17.5 Å². The first-order valence-electron chi connectivity index (χ1n) is 6.95. The van der Waals surface area contributed by atoms with Crippen LogP contribution >= 0.6 is 0 Å². The van der Waals surface area contributed by atoms with E-state index in [1.54, 1.807) is 6.07 Å². The number of benzene rings is 1. The molecule has 0 saturated carbocycles. The first-order chi connectivity index (χ1) is 9.93. The van der Waals surface area contributed by atoms with Gasteiger partial charge in [-0.2, -0.15) is 0 Å². The number of hydrogen-bond acceptors (Lipinski definition) is 4. The van der Waals surface area contributed by atoms with E-state index in [4.69, 9.17) is 5.11 Å². The quantitative estimate of drug-likeness (QED) is 0.682. The van der Waals surface area contributed by atoms with Crippen LogP contribution < -0.4 is 4.90 Å². The molecule has 1 aliphatic heterocycles. The molecule has 1 aliphatic rings. The number of carboxylic acid groups (broad SMARTS) is 1. The van der Waals surface area contributed by atoms with Crippen LogP contribution in [-0.4, -0.2) is 46.7 Å². The number of anilines is 1. The fourth-order valence-corrected chi connectivity index (χ4v) is 2.73. The van der Waals surface area contributed by atoms with Crippen LogP contribution in [0.15, 0.2) is 18.2 Å². The first kappa shape index (κ1) is 15.1. The van der Waals surface area contributed by atoms with Crippen molar-refractivity contribution < 1.29 is 14.8 Å². The van der Waals surface area contributed by atoms with Crippen molar-refractivity contribution in [3.63, 3.8) is 0 Å². The molecular weight excluding hydrogens is 274 g/mol. The highest BCUT2D eigenvalue weighted by Gasteiger charge is 2.27. The molecule has 1 saturated heterocycles. The minimum absolute atomic E-state index is 0.0426. The van der Waals surface area contributed by atoms with Crippen molar-refractivity contribution in [3.05, 3.63) is 33.9 Å². The molecule has 0 aromatic heterocycles. The number of carbonyl (C=O) groups is 1. The maximum absolute atomic E-state index is 11.0. The summed E-state index contributed by atoms with van der Waals surface area (Å²) in [5, 5.41) is 20.0. The van der Waals surface area contributed by atoms with Gasteiger partial charge in [-0.1, -0.05) is 6.92 Å². The van der Waals surface area contributed by atoms with Gasteiger partial charge in [-0.3, -0.25) is 10.1 Å². The van der Waals surface area contributed by atoms with Gasteiger partial charge in [0.05, 0.1) is 4.92 Å². The van der Waals surface area contributed by atoms with Crippen LogP contribution in [0.5, 0.6) is 0 Å². The molecule has 0 aliphatic carbocycles. The third-order valence-corrected chi connectivity index (χ3v) is 3.87. The Bertz CT molecular complexity index is 561. The topological polar surface area (TPSA) is 86.9 Å². The van der Waals surface area contributed by atoms with E-state index < -0.39 is 6.09 Å². The molecule has 0 radical (unpaired) electrons. The molecule has 1 fully saturated rings. The molecule has 1 aromatic carbocycles. The first-order valence-corrected chi connectivity index (χ1v) is 6.95. The summed E-state index contributed by atoms with van der Waals surface area (Å²) < 4.78 is 0. The maximum Gasteiger partial charge on any atom is 0.407 e.